The number of phenolic OH excluding ortho intramolecular Hbond substituents is 1. The number of hydrogen-bond acceptors (Lipinski definition) is 33. The molecule has 33 nitrogen and oxygen atoms in total. The molecule has 2 aromatic heterocycles. The average Bonchev–Trinajstić information content (AvgIpc) is 0.819. The Labute approximate surface area is 878 Å². The van der Waals surface area contributed by atoms with E-state index in [0.29, 0.717) is 68.5 Å². The van der Waals surface area contributed by atoms with Crippen molar-refractivity contribution in [2.45, 2.75) is 245 Å². The summed E-state index contributed by atoms with van der Waals surface area (Å²) in [4.78, 5) is 161. The Morgan fingerprint density at radius 1 is 0.275 bits per heavy atom. The normalized spacial score (nSPS) is 12.1. The van der Waals surface area contributed by atoms with Crippen LogP contribution in [-0.2, 0) is 85.7 Å². The lowest BCUT2D eigenvalue weighted by atomic mass is 9.98. The van der Waals surface area contributed by atoms with Crippen LogP contribution in [0.25, 0.3) is 24.3 Å². The topological polar surface area (TPSA) is 433 Å². The number of aromatic nitrogens is 6. The Morgan fingerprint density at radius 2 is 0.490 bits per heavy atom. The van der Waals surface area contributed by atoms with Crippen LogP contribution < -0.4 is 31.9 Å². The van der Waals surface area contributed by atoms with Crippen LogP contribution in [0.2, 0.25) is 0 Å². The van der Waals surface area contributed by atoms with Crippen LogP contribution in [0.4, 0.5) is 69.8 Å². The minimum Gasteiger partial charge on any atom is -0.507 e. The molecule has 0 amide bonds. The third-order valence-corrected chi connectivity index (χ3v) is 20.9. The SMILES string of the molecule is CCCCC(CC)COC(=O)c1cc(Nc2nc(Nc3ccc(C=C(C(=O)OCC(C)(C)C)C(=O)OCC(C)(C)C)cc3)nc(Nc3ccc(C=C(C(=O)OCC(C)(C)C)C(=O)OCC(C)(C)C)cc3)n2)ccc1O.CCCCC(CC)COC(=O)c1ccccc1Nc1nc(Nc2ccc(C=C(C(=O)OCC(C)(C)C)C(=O)OCC(C)(C)C)cc2)nc(Nc2ccc(C=C(C(=O)OCC(C)(C)C)C(=O)OCC(C)(C)C)cc2)n1. The molecule has 0 bridgehead atoms. The molecule has 2 atom stereocenters. The van der Waals surface area contributed by atoms with E-state index in [2.05, 4.69) is 89.5 Å². The summed E-state index contributed by atoms with van der Waals surface area (Å²) in [6.07, 6.45) is 13.5. The largest absolute Gasteiger partial charge is 0.507 e. The smallest absolute Gasteiger partial charge is 0.345 e. The third-order valence-electron chi connectivity index (χ3n) is 20.9. The number of unbranched alkanes of at least 4 members (excludes halogenated alkanes) is 2. The van der Waals surface area contributed by atoms with Gasteiger partial charge in [-0.3, -0.25) is 0 Å². The van der Waals surface area contributed by atoms with Crippen molar-refractivity contribution in [2.75, 3.05) is 98.0 Å². The van der Waals surface area contributed by atoms with E-state index in [4.69, 9.17) is 47.4 Å². The van der Waals surface area contributed by atoms with Gasteiger partial charge in [-0.1, -0.05) is 293 Å². The highest BCUT2D eigenvalue weighted by Crippen LogP contribution is 2.34. The van der Waals surface area contributed by atoms with E-state index < -0.39 is 59.7 Å². The van der Waals surface area contributed by atoms with Crippen LogP contribution in [0, 0.1) is 55.2 Å². The van der Waals surface area contributed by atoms with Crippen molar-refractivity contribution in [3.63, 3.8) is 0 Å². The minimum atomic E-state index is -0.801. The maximum Gasteiger partial charge on any atom is 0.345 e. The molecule has 0 aliphatic rings. The molecule has 0 spiro atoms. The lowest BCUT2D eigenvalue weighted by molar-refractivity contribution is -0.151. The van der Waals surface area contributed by atoms with E-state index in [1.807, 2.05) is 166 Å². The van der Waals surface area contributed by atoms with E-state index >= 15 is 0 Å². The van der Waals surface area contributed by atoms with Crippen LogP contribution in [-0.4, -0.2) is 161 Å². The van der Waals surface area contributed by atoms with Gasteiger partial charge in [-0.15, -0.1) is 0 Å². The Balaban J connectivity index is 0.000000403. The van der Waals surface area contributed by atoms with Gasteiger partial charge in [0.25, 0.3) is 0 Å². The van der Waals surface area contributed by atoms with Crippen molar-refractivity contribution < 1.29 is 100 Å². The number of para-hydroxylation sites is 1. The molecule has 6 aromatic carbocycles. The molecule has 2 heterocycles. The van der Waals surface area contributed by atoms with E-state index in [1.54, 1.807) is 127 Å². The van der Waals surface area contributed by atoms with Gasteiger partial charge >= 0.3 is 59.7 Å². The van der Waals surface area contributed by atoms with Gasteiger partial charge in [-0.05, 0) is 193 Å². The standard InChI is InChI=1S/C58H78N6O11.C58H78N6O10/c1-15-17-18-37(16-2)32-71-47(66)43-31-42(27-28-46(43)65)61-54-63-52(59-40-23-19-38(20-24-40)29-44(48(67)72-33-55(3,4)5)49(68)73-34-56(6,7)8)62-53(64-54)60-41-25-21-39(22-26-41)30-45(50(69)74-35-57(9,10)11)51(70)75-36-58(12,13)14;1-15-17-20-38(16-2)33-70-47(65)43-21-18-19-22-46(43)61-54-63-52(59-41-27-23-39(24-28-41)31-44(48(66)71-34-55(3,4)5)49(67)72-35-56(6,7)8)62-53(64-54)60-42-29-25-40(26-30-42)32-45(50(68)73-36-57(9,10)11)51(69)74-37-58(12,13)14/h19-31,37,65H,15-18,32-36H2,1-14H3,(H3,59,60,61,62,63,64);18-19,21-32,38H,15-17,20,33-37H2,1-14H3,(H3,59,60,61,62,63,64). The van der Waals surface area contributed by atoms with E-state index in [0.717, 1.165) is 51.4 Å². The van der Waals surface area contributed by atoms with Crippen molar-refractivity contribution in [1.29, 1.82) is 0 Å². The fraction of sp³-hybridized carbons (Fsp3) is 0.483. The second-order valence-corrected chi connectivity index (χ2v) is 46.5. The zero-order valence-corrected chi connectivity index (χ0v) is 92.3. The molecule has 0 fully saturated rings. The number of benzene rings is 6. The highest BCUT2D eigenvalue weighted by Gasteiger charge is 2.33. The first-order valence-electron chi connectivity index (χ1n) is 50.6. The van der Waals surface area contributed by atoms with Crippen molar-refractivity contribution in [1.82, 2.24) is 29.9 Å². The lowest BCUT2D eigenvalue weighted by Gasteiger charge is -2.20. The quantitative estimate of drug-likeness (QED) is 0.00465. The van der Waals surface area contributed by atoms with Gasteiger partial charge in [0.05, 0.1) is 77.3 Å². The summed E-state index contributed by atoms with van der Waals surface area (Å²) in [6.45, 7) is 55.7. The molecule has 8 aromatic rings. The number of carbonyl (C=O) groups is 10. The molecule has 0 aliphatic carbocycles. The molecule has 2 unspecified atom stereocenters. The number of phenols is 1. The monoisotopic (exact) mass is 2050 g/mol. The van der Waals surface area contributed by atoms with Crippen molar-refractivity contribution in [2.24, 2.45) is 55.2 Å². The number of nitrogens with zero attached hydrogens (tertiary/aromatic N) is 6. The van der Waals surface area contributed by atoms with Gasteiger partial charge in [-0.2, -0.15) is 29.9 Å². The number of aromatic hydroxyl groups is 1. The number of esters is 10. The Kier molecular flexibility index (Phi) is 45.3. The third kappa shape index (κ3) is 46.3. The van der Waals surface area contributed by atoms with Crippen LogP contribution in [0.1, 0.15) is 288 Å². The predicted molar refractivity (Wildman–Crippen MR) is 582 cm³/mol. The number of hydrogen-bond donors (Lipinski definition) is 7. The summed E-state index contributed by atoms with van der Waals surface area (Å²) < 4.78 is 55.6. The molecular formula is C116H156N12O21. The van der Waals surface area contributed by atoms with Crippen LogP contribution in [0.5, 0.6) is 5.75 Å². The summed E-state index contributed by atoms with van der Waals surface area (Å²) in [5.41, 5.74) is 1.60. The Bertz CT molecular complexity index is 5570. The molecule has 0 aliphatic heterocycles. The second-order valence-electron chi connectivity index (χ2n) is 46.5. The van der Waals surface area contributed by atoms with Gasteiger partial charge in [-0.25, -0.2) is 47.9 Å². The summed E-state index contributed by atoms with van der Waals surface area (Å²) in [5, 5.41) is 29.8. The lowest BCUT2D eigenvalue weighted by Crippen LogP contribution is -2.25. The van der Waals surface area contributed by atoms with Gasteiger partial charge in [0.1, 0.15) is 33.6 Å². The highest BCUT2D eigenvalue weighted by molar-refractivity contribution is 6.20. The maximum absolute atomic E-state index is 13.5. The number of ether oxygens (including phenoxy) is 10. The fourth-order valence-corrected chi connectivity index (χ4v) is 12.7. The summed E-state index contributed by atoms with van der Waals surface area (Å²) in [6, 6.07) is 38.6. The van der Waals surface area contributed by atoms with Crippen molar-refractivity contribution >= 4 is 154 Å². The van der Waals surface area contributed by atoms with Gasteiger partial charge in [0.2, 0.25) is 35.7 Å². The summed E-state index contributed by atoms with van der Waals surface area (Å²) in [7, 11) is 0. The second kappa shape index (κ2) is 55.6. The molecule has 806 valence electrons. The fourth-order valence-electron chi connectivity index (χ4n) is 12.7. The summed E-state index contributed by atoms with van der Waals surface area (Å²) in [5.74, 6) is -6.82. The van der Waals surface area contributed by atoms with Crippen molar-refractivity contribution in [3.8, 4) is 5.75 Å². The van der Waals surface area contributed by atoms with Gasteiger partial charge in [0.15, 0.2) is 0 Å². The Morgan fingerprint density at radius 3 is 0.718 bits per heavy atom. The minimum absolute atomic E-state index is 0.0412. The van der Waals surface area contributed by atoms with Gasteiger partial charge < -0.3 is 84.4 Å². The highest BCUT2D eigenvalue weighted by atomic mass is 16.6. The van der Waals surface area contributed by atoms with Crippen LogP contribution in [0.3, 0.4) is 0 Å². The average molecular weight is 2050 g/mol. The van der Waals surface area contributed by atoms with Crippen molar-refractivity contribution in [3.05, 3.63) is 195 Å². The Hall–Kier alpha value is -14.4. The number of nitrogens with one attached hydrogen (secondary N) is 6. The summed E-state index contributed by atoms with van der Waals surface area (Å²) >= 11 is 0. The first kappa shape index (κ1) is 122. The number of carbonyl (C=O) groups excluding carboxylic acids is 10. The van der Waals surface area contributed by atoms with Crippen LogP contribution in [0.15, 0.2) is 162 Å². The number of anilines is 12. The van der Waals surface area contributed by atoms with E-state index in [1.165, 1.54) is 36.4 Å². The maximum atomic E-state index is 13.5. The van der Waals surface area contributed by atoms with Crippen LogP contribution >= 0.6 is 0 Å². The molecule has 0 radical (unpaired) electrons. The molecule has 0 saturated heterocycles. The molecular weight excluding hydrogens is 1900 g/mol. The molecule has 0 saturated carbocycles. The van der Waals surface area contributed by atoms with Gasteiger partial charge in [0, 0.05) is 28.4 Å². The molecule has 149 heavy (non-hydrogen) atoms. The zero-order chi connectivity index (χ0) is 111. The molecule has 7 N–H and O–H groups in total. The van der Waals surface area contributed by atoms with E-state index in [-0.39, 0.29) is 184 Å². The predicted octanol–water partition coefficient (Wildman–Crippen LogP) is 24.9. The number of rotatable bonds is 46. The first-order chi connectivity index (χ1) is 69.6. The molecule has 33 heteroatoms. The zero-order valence-electron chi connectivity index (χ0n) is 92.3. The molecule has 8 rings (SSSR count). The first-order valence-corrected chi connectivity index (χ1v) is 50.6. The van der Waals surface area contributed by atoms with E-state index in [9.17, 15) is 53.1 Å².